The van der Waals surface area contributed by atoms with Crippen LogP contribution in [0.2, 0.25) is 0 Å². The fourth-order valence-corrected chi connectivity index (χ4v) is 2.21. The lowest BCUT2D eigenvalue weighted by atomic mass is 10.4. The quantitative estimate of drug-likeness (QED) is 0.831. The van der Waals surface area contributed by atoms with Gasteiger partial charge < -0.3 is 15.4 Å². The van der Waals surface area contributed by atoms with E-state index in [1.165, 1.54) is 16.0 Å². The van der Waals surface area contributed by atoms with Crippen LogP contribution in [0.5, 0.6) is 0 Å². The molecule has 0 unspecified atom stereocenters. The number of likely N-dealkylation sites (N-methyl/N-ethyl adjacent to an activating group) is 1. The van der Waals surface area contributed by atoms with Crippen molar-refractivity contribution in [1.82, 2.24) is 14.8 Å². The average Bonchev–Trinajstić information content (AvgIpc) is 2.83. The third-order valence-corrected chi connectivity index (χ3v) is 3.53. The van der Waals surface area contributed by atoms with Crippen molar-refractivity contribution in [2.24, 2.45) is 0 Å². The van der Waals surface area contributed by atoms with E-state index < -0.39 is 0 Å². The molecule has 0 saturated carbocycles. The second kappa shape index (κ2) is 6.49. The third kappa shape index (κ3) is 3.55. The van der Waals surface area contributed by atoms with E-state index in [0.717, 1.165) is 11.4 Å². The molecule has 2 N–H and O–H groups in total. The highest BCUT2D eigenvalue weighted by Gasteiger charge is 2.06. The maximum atomic E-state index is 12.0. The Morgan fingerprint density at radius 3 is 2.95 bits per heavy atom. The van der Waals surface area contributed by atoms with E-state index in [2.05, 4.69) is 10.1 Å². The Morgan fingerprint density at radius 2 is 2.35 bits per heavy atom. The SMILES string of the molecule is COCCN(C)c1cnn(Cc2csc(N)n2)c(=O)c1. The maximum Gasteiger partial charge on any atom is 0.269 e. The largest absolute Gasteiger partial charge is 0.383 e. The van der Waals surface area contributed by atoms with Crippen molar-refractivity contribution in [2.45, 2.75) is 6.54 Å². The van der Waals surface area contributed by atoms with E-state index in [0.29, 0.717) is 24.8 Å². The molecule has 0 atom stereocenters. The lowest BCUT2D eigenvalue weighted by Gasteiger charge is -2.18. The Hall–Kier alpha value is -1.93. The van der Waals surface area contributed by atoms with Crippen LogP contribution in [0.1, 0.15) is 5.69 Å². The molecule has 8 heteroatoms. The van der Waals surface area contributed by atoms with Crippen molar-refractivity contribution < 1.29 is 4.74 Å². The van der Waals surface area contributed by atoms with Crippen LogP contribution in [0.3, 0.4) is 0 Å². The molecule has 0 fully saturated rings. The smallest absolute Gasteiger partial charge is 0.269 e. The molecular weight excluding hydrogens is 278 g/mol. The highest BCUT2D eigenvalue weighted by atomic mass is 32.1. The Morgan fingerprint density at radius 1 is 1.55 bits per heavy atom. The third-order valence-electron chi connectivity index (χ3n) is 2.81. The van der Waals surface area contributed by atoms with Gasteiger partial charge in [0.1, 0.15) is 0 Å². The molecule has 0 amide bonds. The van der Waals surface area contributed by atoms with Crippen molar-refractivity contribution >= 4 is 22.2 Å². The van der Waals surface area contributed by atoms with Gasteiger partial charge in [-0.3, -0.25) is 4.79 Å². The Balaban J connectivity index is 2.11. The van der Waals surface area contributed by atoms with E-state index in [1.807, 2.05) is 17.3 Å². The molecule has 108 valence electrons. The topological polar surface area (TPSA) is 86.3 Å². The number of hydrogen-bond donors (Lipinski definition) is 1. The first kappa shape index (κ1) is 14.5. The minimum absolute atomic E-state index is 0.168. The zero-order valence-electron chi connectivity index (χ0n) is 11.4. The zero-order chi connectivity index (χ0) is 14.5. The van der Waals surface area contributed by atoms with Gasteiger partial charge in [-0.25, -0.2) is 9.67 Å². The number of aromatic nitrogens is 3. The van der Waals surface area contributed by atoms with E-state index >= 15 is 0 Å². The summed E-state index contributed by atoms with van der Waals surface area (Å²) in [5.41, 5.74) is 6.90. The Labute approximate surface area is 120 Å². The molecule has 2 aromatic heterocycles. The molecule has 0 aliphatic heterocycles. The monoisotopic (exact) mass is 295 g/mol. The first-order valence-electron chi connectivity index (χ1n) is 6.07. The number of nitrogen functional groups attached to an aromatic ring is 1. The number of hydrogen-bond acceptors (Lipinski definition) is 7. The van der Waals surface area contributed by atoms with Crippen LogP contribution >= 0.6 is 11.3 Å². The van der Waals surface area contributed by atoms with Crippen LogP contribution in [0.25, 0.3) is 0 Å². The molecule has 2 rings (SSSR count). The van der Waals surface area contributed by atoms with Gasteiger partial charge in [-0.1, -0.05) is 0 Å². The average molecular weight is 295 g/mol. The number of anilines is 2. The summed E-state index contributed by atoms with van der Waals surface area (Å²) < 4.78 is 6.37. The van der Waals surface area contributed by atoms with Crippen LogP contribution in [0, 0.1) is 0 Å². The first-order chi connectivity index (χ1) is 9.60. The molecule has 0 aliphatic rings. The molecule has 0 spiro atoms. The molecule has 2 aromatic rings. The summed E-state index contributed by atoms with van der Waals surface area (Å²) in [6, 6.07) is 1.55. The lowest BCUT2D eigenvalue weighted by molar-refractivity contribution is 0.206. The van der Waals surface area contributed by atoms with E-state index in [4.69, 9.17) is 10.5 Å². The van der Waals surface area contributed by atoms with Crippen LogP contribution in [0.15, 0.2) is 22.4 Å². The zero-order valence-corrected chi connectivity index (χ0v) is 12.3. The van der Waals surface area contributed by atoms with Gasteiger partial charge in [-0.05, 0) is 0 Å². The van der Waals surface area contributed by atoms with Gasteiger partial charge in [-0.2, -0.15) is 5.10 Å². The summed E-state index contributed by atoms with van der Waals surface area (Å²) in [6.07, 6.45) is 1.66. The Bertz CT molecular complexity index is 624. The van der Waals surface area contributed by atoms with Crippen molar-refractivity contribution in [3.05, 3.63) is 33.7 Å². The summed E-state index contributed by atoms with van der Waals surface area (Å²) in [7, 11) is 3.53. The maximum absolute atomic E-state index is 12.0. The molecule has 20 heavy (non-hydrogen) atoms. The van der Waals surface area contributed by atoms with Crippen molar-refractivity contribution in [2.75, 3.05) is 37.9 Å². The standard InChI is InChI=1S/C12H17N5O2S/c1-16(3-4-19-2)10-5-11(18)17(14-6-10)7-9-8-20-12(13)15-9/h5-6,8H,3-4,7H2,1-2H3,(H2,13,15). The van der Waals surface area contributed by atoms with E-state index in [9.17, 15) is 4.79 Å². The van der Waals surface area contributed by atoms with Gasteiger partial charge in [0.2, 0.25) is 0 Å². The van der Waals surface area contributed by atoms with Gasteiger partial charge >= 0.3 is 0 Å². The van der Waals surface area contributed by atoms with Gasteiger partial charge in [0.25, 0.3) is 5.56 Å². The number of rotatable bonds is 6. The Kier molecular flexibility index (Phi) is 4.70. The minimum Gasteiger partial charge on any atom is -0.383 e. The van der Waals surface area contributed by atoms with Crippen LogP contribution in [-0.4, -0.2) is 42.1 Å². The summed E-state index contributed by atoms with van der Waals surface area (Å²) >= 11 is 1.35. The second-order valence-corrected chi connectivity index (χ2v) is 5.19. The number of nitrogens with two attached hydrogens (primary N) is 1. The van der Waals surface area contributed by atoms with Crippen LogP contribution in [0.4, 0.5) is 10.8 Å². The highest BCUT2D eigenvalue weighted by molar-refractivity contribution is 7.13. The molecule has 0 bridgehead atoms. The van der Waals surface area contributed by atoms with E-state index in [-0.39, 0.29) is 5.56 Å². The number of ether oxygens (including phenoxy) is 1. The predicted molar refractivity (Wildman–Crippen MR) is 79.3 cm³/mol. The summed E-state index contributed by atoms with van der Waals surface area (Å²) in [5, 5.41) is 6.47. The van der Waals surface area contributed by atoms with Crippen LogP contribution in [-0.2, 0) is 11.3 Å². The molecule has 0 saturated heterocycles. The molecule has 7 nitrogen and oxygen atoms in total. The summed E-state index contributed by atoms with van der Waals surface area (Å²) in [5.74, 6) is 0. The van der Waals surface area contributed by atoms with Gasteiger partial charge in [-0.15, -0.1) is 11.3 Å². The van der Waals surface area contributed by atoms with Crippen molar-refractivity contribution in [1.29, 1.82) is 0 Å². The summed E-state index contributed by atoms with van der Waals surface area (Å²) in [4.78, 5) is 18.1. The van der Waals surface area contributed by atoms with E-state index in [1.54, 1.807) is 19.4 Å². The normalized spacial score (nSPS) is 10.7. The van der Waals surface area contributed by atoms with Crippen LogP contribution < -0.4 is 16.2 Å². The fraction of sp³-hybridized carbons (Fsp3) is 0.417. The van der Waals surface area contributed by atoms with Gasteiger partial charge in [0.15, 0.2) is 5.13 Å². The molecule has 0 aromatic carbocycles. The second-order valence-electron chi connectivity index (χ2n) is 4.30. The summed E-state index contributed by atoms with van der Waals surface area (Å²) in [6.45, 7) is 1.62. The molecule has 0 radical (unpaired) electrons. The highest BCUT2D eigenvalue weighted by Crippen LogP contribution is 2.12. The molecular formula is C12H17N5O2S. The van der Waals surface area contributed by atoms with Gasteiger partial charge in [0, 0.05) is 32.1 Å². The fourth-order valence-electron chi connectivity index (χ4n) is 1.66. The predicted octanol–water partition coefficient (Wildman–Crippen LogP) is 0.413. The van der Waals surface area contributed by atoms with Crippen molar-refractivity contribution in [3.63, 3.8) is 0 Å². The van der Waals surface area contributed by atoms with Gasteiger partial charge in [0.05, 0.1) is 30.7 Å². The number of thiazole rings is 1. The lowest BCUT2D eigenvalue weighted by Crippen LogP contribution is -2.27. The van der Waals surface area contributed by atoms with Crippen molar-refractivity contribution in [3.8, 4) is 0 Å². The minimum atomic E-state index is -0.168. The molecule has 2 heterocycles. The molecule has 0 aliphatic carbocycles. The number of methoxy groups -OCH3 is 1. The number of nitrogens with zero attached hydrogens (tertiary/aromatic N) is 4. The first-order valence-corrected chi connectivity index (χ1v) is 6.95.